The molecule has 8 nitrogen and oxygen atoms in total. The Morgan fingerprint density at radius 3 is 2.54 bits per heavy atom. The summed E-state index contributed by atoms with van der Waals surface area (Å²) in [6.07, 6.45) is -1.53. The van der Waals surface area contributed by atoms with Crippen molar-refractivity contribution < 1.29 is 29.0 Å². The van der Waals surface area contributed by atoms with Crippen molar-refractivity contribution in [3.63, 3.8) is 0 Å². The molecule has 1 saturated heterocycles. The van der Waals surface area contributed by atoms with Gasteiger partial charge in [0.25, 0.3) is 5.91 Å². The summed E-state index contributed by atoms with van der Waals surface area (Å²) in [5.41, 5.74) is 0.867. The number of carboxylic acids is 1. The predicted octanol–water partition coefficient (Wildman–Crippen LogP) is 1.47. The van der Waals surface area contributed by atoms with Crippen LogP contribution in [0.2, 0.25) is 0 Å². The average molecular weight is 336 g/mol. The van der Waals surface area contributed by atoms with E-state index in [1.54, 1.807) is 25.1 Å². The fraction of sp³-hybridized carbons (Fsp3) is 0.438. The molecule has 0 aliphatic carbocycles. The van der Waals surface area contributed by atoms with Gasteiger partial charge in [-0.1, -0.05) is 6.92 Å². The normalized spacial score (nSPS) is 22.7. The number of methoxy groups -OCH3 is 1. The van der Waals surface area contributed by atoms with Crippen LogP contribution < -0.4 is 15.4 Å². The highest BCUT2D eigenvalue weighted by Crippen LogP contribution is 2.31. The van der Waals surface area contributed by atoms with Crippen molar-refractivity contribution in [2.45, 2.75) is 32.5 Å². The summed E-state index contributed by atoms with van der Waals surface area (Å²) in [5, 5.41) is 14.3. The van der Waals surface area contributed by atoms with Gasteiger partial charge in [-0.25, -0.2) is 4.79 Å². The van der Waals surface area contributed by atoms with Crippen LogP contribution >= 0.6 is 0 Å². The molecule has 0 aromatic heterocycles. The molecule has 1 aliphatic rings. The Morgan fingerprint density at radius 1 is 1.29 bits per heavy atom. The molecule has 8 heteroatoms. The van der Waals surface area contributed by atoms with E-state index in [2.05, 4.69) is 10.6 Å². The van der Waals surface area contributed by atoms with Crippen molar-refractivity contribution in [2.75, 3.05) is 17.7 Å². The number of nitrogens with one attached hydrogen (secondary N) is 2. The number of carbonyl (C=O) groups is 3. The van der Waals surface area contributed by atoms with Crippen molar-refractivity contribution in [1.29, 1.82) is 0 Å². The zero-order chi connectivity index (χ0) is 17.9. The second-order valence-corrected chi connectivity index (χ2v) is 5.68. The van der Waals surface area contributed by atoms with Gasteiger partial charge in [-0.2, -0.15) is 0 Å². The van der Waals surface area contributed by atoms with Crippen LogP contribution in [-0.4, -0.2) is 42.2 Å². The highest BCUT2D eigenvalue weighted by atomic mass is 16.5. The van der Waals surface area contributed by atoms with E-state index in [4.69, 9.17) is 14.6 Å². The van der Waals surface area contributed by atoms with Gasteiger partial charge in [-0.3, -0.25) is 9.59 Å². The SMILES string of the molecule is COc1ccc(NC(C)=O)cc1NC(=O)[C@@H]1C[C@H](C)[C@@H](C(=O)O)O1. The standard InChI is InChI=1S/C16H20N2O6/c1-8-6-13(24-14(8)16(21)22)15(20)18-11-7-10(17-9(2)19)4-5-12(11)23-3/h4-5,7-8,13-14H,6H2,1-3H3,(H,17,19)(H,18,20)(H,21,22)/t8-,13-,14-/m0/s1. The number of ether oxygens (including phenoxy) is 2. The van der Waals surface area contributed by atoms with Crippen LogP contribution in [0.3, 0.4) is 0 Å². The van der Waals surface area contributed by atoms with E-state index in [0.717, 1.165) is 0 Å². The van der Waals surface area contributed by atoms with E-state index in [1.807, 2.05) is 0 Å². The Labute approximate surface area is 139 Å². The average Bonchev–Trinajstić information content (AvgIpc) is 2.89. The van der Waals surface area contributed by atoms with E-state index >= 15 is 0 Å². The minimum absolute atomic E-state index is 0.241. The highest BCUT2D eigenvalue weighted by Gasteiger charge is 2.40. The molecule has 1 fully saturated rings. The van der Waals surface area contributed by atoms with Crippen LogP contribution in [0.5, 0.6) is 5.75 Å². The molecule has 24 heavy (non-hydrogen) atoms. The fourth-order valence-corrected chi connectivity index (χ4v) is 2.60. The largest absolute Gasteiger partial charge is 0.495 e. The Kier molecular flexibility index (Phi) is 5.40. The number of hydrogen-bond acceptors (Lipinski definition) is 5. The van der Waals surface area contributed by atoms with E-state index in [9.17, 15) is 14.4 Å². The molecule has 0 unspecified atom stereocenters. The van der Waals surface area contributed by atoms with E-state index < -0.39 is 24.1 Å². The summed E-state index contributed by atoms with van der Waals surface area (Å²) in [6.45, 7) is 3.10. The van der Waals surface area contributed by atoms with Gasteiger partial charge in [-0.15, -0.1) is 0 Å². The van der Waals surface area contributed by atoms with Crippen molar-refractivity contribution in [3.8, 4) is 5.75 Å². The molecular weight excluding hydrogens is 316 g/mol. The minimum atomic E-state index is -1.08. The monoisotopic (exact) mass is 336 g/mol. The van der Waals surface area contributed by atoms with Gasteiger partial charge < -0.3 is 25.2 Å². The van der Waals surface area contributed by atoms with Gasteiger partial charge in [0, 0.05) is 12.6 Å². The number of aliphatic carboxylic acids is 1. The van der Waals surface area contributed by atoms with Crippen molar-refractivity contribution in [1.82, 2.24) is 0 Å². The second kappa shape index (κ2) is 7.31. The summed E-state index contributed by atoms with van der Waals surface area (Å²) in [7, 11) is 1.46. The van der Waals surface area contributed by atoms with Gasteiger partial charge >= 0.3 is 5.97 Å². The molecule has 2 rings (SSSR count). The lowest BCUT2D eigenvalue weighted by Crippen LogP contribution is -2.30. The zero-order valence-electron chi connectivity index (χ0n) is 13.7. The lowest BCUT2D eigenvalue weighted by molar-refractivity contribution is -0.152. The Hall–Kier alpha value is -2.61. The van der Waals surface area contributed by atoms with E-state index in [-0.39, 0.29) is 11.8 Å². The maximum atomic E-state index is 12.4. The topological polar surface area (TPSA) is 114 Å². The third-order valence-electron chi connectivity index (χ3n) is 3.73. The Bertz CT molecular complexity index is 660. The maximum absolute atomic E-state index is 12.4. The first-order valence-electron chi connectivity index (χ1n) is 7.46. The number of anilines is 2. The molecule has 1 heterocycles. The number of carboxylic acid groups (broad SMARTS) is 1. The molecule has 2 amide bonds. The molecule has 1 aromatic carbocycles. The summed E-state index contributed by atoms with van der Waals surface area (Å²) < 4.78 is 10.5. The fourth-order valence-electron chi connectivity index (χ4n) is 2.60. The number of hydrogen-bond donors (Lipinski definition) is 3. The molecule has 0 spiro atoms. The van der Waals surface area contributed by atoms with Gasteiger partial charge in [0.05, 0.1) is 12.8 Å². The maximum Gasteiger partial charge on any atom is 0.333 e. The molecule has 130 valence electrons. The third-order valence-corrected chi connectivity index (χ3v) is 3.73. The molecule has 1 aliphatic heterocycles. The highest BCUT2D eigenvalue weighted by molar-refractivity contribution is 5.97. The molecule has 0 bridgehead atoms. The minimum Gasteiger partial charge on any atom is -0.495 e. The van der Waals surface area contributed by atoms with Gasteiger partial charge in [0.2, 0.25) is 5.91 Å². The lowest BCUT2D eigenvalue weighted by Gasteiger charge is -2.15. The van der Waals surface area contributed by atoms with Crippen molar-refractivity contribution in [3.05, 3.63) is 18.2 Å². The summed E-state index contributed by atoms with van der Waals surface area (Å²) >= 11 is 0. The first-order chi connectivity index (χ1) is 11.3. The first kappa shape index (κ1) is 17.7. The Morgan fingerprint density at radius 2 is 2.00 bits per heavy atom. The van der Waals surface area contributed by atoms with Gasteiger partial charge in [0.15, 0.2) is 6.10 Å². The number of carbonyl (C=O) groups excluding carboxylic acids is 2. The van der Waals surface area contributed by atoms with Crippen LogP contribution in [0.15, 0.2) is 18.2 Å². The molecule has 3 N–H and O–H groups in total. The van der Waals surface area contributed by atoms with Crippen molar-refractivity contribution >= 4 is 29.2 Å². The molecule has 0 saturated carbocycles. The Balaban J connectivity index is 2.13. The van der Waals surface area contributed by atoms with Gasteiger partial charge in [0.1, 0.15) is 11.9 Å². The molecular formula is C16H20N2O6. The zero-order valence-corrected chi connectivity index (χ0v) is 13.7. The van der Waals surface area contributed by atoms with E-state index in [0.29, 0.717) is 23.5 Å². The van der Waals surface area contributed by atoms with Crippen LogP contribution in [-0.2, 0) is 19.1 Å². The number of amides is 2. The molecule has 3 atom stereocenters. The molecule has 1 aromatic rings. The summed E-state index contributed by atoms with van der Waals surface area (Å²) in [6, 6.07) is 4.81. The smallest absolute Gasteiger partial charge is 0.333 e. The van der Waals surface area contributed by atoms with Crippen LogP contribution in [0.1, 0.15) is 20.3 Å². The molecule has 0 radical (unpaired) electrons. The summed E-state index contributed by atoms with van der Waals surface area (Å²) in [4.78, 5) is 34.6. The van der Waals surface area contributed by atoms with Crippen LogP contribution in [0, 0.1) is 5.92 Å². The van der Waals surface area contributed by atoms with Crippen molar-refractivity contribution in [2.24, 2.45) is 5.92 Å². The predicted molar refractivity (Wildman–Crippen MR) is 86.0 cm³/mol. The third kappa shape index (κ3) is 4.02. The van der Waals surface area contributed by atoms with Crippen LogP contribution in [0.4, 0.5) is 11.4 Å². The lowest BCUT2D eigenvalue weighted by atomic mass is 10.0. The second-order valence-electron chi connectivity index (χ2n) is 5.68. The summed E-state index contributed by atoms with van der Waals surface area (Å²) in [5.74, 6) is -1.62. The number of rotatable bonds is 5. The van der Waals surface area contributed by atoms with Gasteiger partial charge in [-0.05, 0) is 30.5 Å². The van der Waals surface area contributed by atoms with Crippen LogP contribution in [0.25, 0.3) is 0 Å². The quantitative estimate of drug-likeness (QED) is 0.750. The van der Waals surface area contributed by atoms with E-state index in [1.165, 1.54) is 14.0 Å². The first-order valence-corrected chi connectivity index (χ1v) is 7.46. The number of benzene rings is 1.